The van der Waals surface area contributed by atoms with Gasteiger partial charge < -0.3 is 9.64 Å². The summed E-state index contributed by atoms with van der Waals surface area (Å²) in [6.07, 6.45) is 7.31. The number of rotatable bonds is 2. The van der Waals surface area contributed by atoms with Crippen LogP contribution in [0.25, 0.3) is 16.7 Å². The smallest absolute Gasteiger partial charge is 0.226 e. The number of hydrogen-bond donors (Lipinski definition) is 3. The quantitative estimate of drug-likeness (QED) is 0.342. The standard InChI is InChI=1S/C35H46ClF3N10O/c1-19-41-29-12-21(38)10-25-28-4-2-5-31(43-28)42-22-13-23(16-46-8-3-9-50-24(17-46)18-47(19)32(25)29)48(15-22)33-26-14-40-49(34(26)45-35(36)44-33)30-7-6-20(37)11-27(30)39/h6-7,11,14,19,21-25,28-29,31-32,41-43H,2-5,8-10,12-13,15-18H2,1H3/t19?,21?,22-,23-,24+,25?,28?,29?,31?,32?/m0/s1. The molecule has 11 atom stereocenters. The zero-order valence-electron chi connectivity index (χ0n) is 28.3. The summed E-state index contributed by atoms with van der Waals surface area (Å²) in [6.45, 7) is 6.99. The third-order valence-electron chi connectivity index (χ3n) is 12.1. The summed E-state index contributed by atoms with van der Waals surface area (Å²) in [5.41, 5.74) is 0.449. The van der Waals surface area contributed by atoms with Crippen LogP contribution in [0.2, 0.25) is 5.28 Å². The van der Waals surface area contributed by atoms with Gasteiger partial charge in [0.15, 0.2) is 11.5 Å². The molecule has 3 N–H and O–H groups in total. The molecule has 270 valence electrons. The van der Waals surface area contributed by atoms with Crippen molar-refractivity contribution < 1.29 is 17.9 Å². The molecule has 50 heavy (non-hydrogen) atoms. The molecule has 1 saturated carbocycles. The van der Waals surface area contributed by atoms with Crippen LogP contribution in [0, 0.1) is 17.6 Å². The minimum absolute atomic E-state index is 0.0361. The van der Waals surface area contributed by atoms with Crippen molar-refractivity contribution in [2.24, 2.45) is 5.92 Å². The molecule has 15 heteroatoms. The Bertz CT molecular complexity index is 1720. The second kappa shape index (κ2) is 13.4. The van der Waals surface area contributed by atoms with Crippen LogP contribution in [0.15, 0.2) is 24.4 Å². The van der Waals surface area contributed by atoms with E-state index in [1.54, 1.807) is 6.20 Å². The Labute approximate surface area is 295 Å². The summed E-state index contributed by atoms with van der Waals surface area (Å²) >= 11 is 6.59. The summed E-state index contributed by atoms with van der Waals surface area (Å²) < 4.78 is 52.0. The molecule has 1 aliphatic carbocycles. The van der Waals surface area contributed by atoms with E-state index in [-0.39, 0.29) is 65.5 Å². The minimum Gasteiger partial charge on any atom is -0.375 e. The molecular formula is C35H46ClF3N10O. The number of benzene rings is 1. The number of hydrogen-bond acceptors (Lipinski definition) is 10. The van der Waals surface area contributed by atoms with Crippen LogP contribution >= 0.6 is 11.6 Å². The molecule has 0 spiro atoms. The first-order valence-corrected chi connectivity index (χ1v) is 18.8. The fourth-order valence-electron chi connectivity index (χ4n) is 10.1. The van der Waals surface area contributed by atoms with Gasteiger partial charge in [0, 0.05) is 75.6 Å². The molecule has 0 radical (unpaired) electrons. The first kappa shape index (κ1) is 33.3. The highest BCUT2D eigenvalue weighted by Gasteiger charge is 2.51. The van der Waals surface area contributed by atoms with Crippen LogP contribution in [-0.2, 0) is 4.74 Å². The maximum absolute atomic E-state index is 15.4. The third kappa shape index (κ3) is 6.18. The monoisotopic (exact) mass is 714 g/mol. The molecule has 5 saturated heterocycles. The summed E-state index contributed by atoms with van der Waals surface area (Å²) in [5.74, 6) is -0.538. The SMILES string of the molecule is CC1NC2CC(F)CC3C4CCCC(N4)N[C@H]4C[C@@H](CN5CCCO[C@H](C5)CN1C23)N(c1nc(Cl)nc2c1cnn2-c1ccc(F)cc1F)C4. The second-order valence-corrected chi connectivity index (χ2v) is 15.7. The lowest BCUT2D eigenvalue weighted by Crippen LogP contribution is -2.61. The average Bonchev–Trinajstić information content (AvgIpc) is 3.71. The number of anilines is 1. The number of alkyl halides is 1. The van der Waals surface area contributed by atoms with Gasteiger partial charge in [-0.15, -0.1) is 0 Å². The molecule has 9 rings (SSSR count). The van der Waals surface area contributed by atoms with Gasteiger partial charge in [0.25, 0.3) is 0 Å². The molecule has 0 amide bonds. The van der Waals surface area contributed by atoms with Crippen LogP contribution in [-0.4, -0.2) is 124 Å². The van der Waals surface area contributed by atoms with Gasteiger partial charge in [0.2, 0.25) is 5.28 Å². The number of fused-ring (bicyclic) bond motifs is 8. The largest absolute Gasteiger partial charge is 0.375 e. The van der Waals surface area contributed by atoms with Crippen LogP contribution in [0.1, 0.15) is 51.9 Å². The van der Waals surface area contributed by atoms with Crippen molar-refractivity contribution >= 4 is 28.5 Å². The zero-order valence-corrected chi connectivity index (χ0v) is 29.1. The molecule has 6 fully saturated rings. The number of nitrogens with one attached hydrogen (secondary N) is 3. The van der Waals surface area contributed by atoms with E-state index in [0.29, 0.717) is 42.8 Å². The molecule has 5 aliphatic heterocycles. The van der Waals surface area contributed by atoms with Crippen molar-refractivity contribution in [1.82, 2.24) is 45.5 Å². The lowest BCUT2D eigenvalue weighted by atomic mass is 9.74. The van der Waals surface area contributed by atoms with E-state index >= 15 is 4.39 Å². The maximum atomic E-state index is 15.4. The van der Waals surface area contributed by atoms with Crippen LogP contribution < -0.4 is 20.9 Å². The molecule has 1 aromatic carbocycles. The fourth-order valence-corrected chi connectivity index (χ4v) is 10.3. The topological polar surface area (TPSA) is 98.6 Å². The van der Waals surface area contributed by atoms with E-state index in [9.17, 15) is 8.78 Å². The zero-order chi connectivity index (χ0) is 34.1. The van der Waals surface area contributed by atoms with Crippen molar-refractivity contribution in [2.75, 3.05) is 44.2 Å². The number of halogens is 4. The highest BCUT2D eigenvalue weighted by atomic mass is 35.5. The number of aromatic nitrogens is 4. The van der Waals surface area contributed by atoms with Crippen molar-refractivity contribution in [2.45, 2.75) is 107 Å². The Morgan fingerprint density at radius 1 is 0.960 bits per heavy atom. The molecule has 2 aromatic heterocycles. The van der Waals surface area contributed by atoms with E-state index in [1.807, 2.05) is 0 Å². The number of ether oxygens (including phenoxy) is 1. The molecule has 6 aliphatic rings. The van der Waals surface area contributed by atoms with E-state index in [4.69, 9.17) is 21.3 Å². The Kier molecular flexibility index (Phi) is 8.93. The van der Waals surface area contributed by atoms with E-state index in [1.165, 1.54) is 16.8 Å². The molecule has 6 bridgehead atoms. The minimum atomic E-state index is -0.799. The number of piperidine rings is 1. The van der Waals surface area contributed by atoms with Gasteiger partial charge in [0.1, 0.15) is 23.5 Å². The number of nitrogens with zero attached hydrogens (tertiary/aromatic N) is 7. The predicted octanol–water partition coefficient (Wildman–Crippen LogP) is 3.59. The first-order chi connectivity index (χ1) is 24.3. The molecule has 7 heterocycles. The average molecular weight is 715 g/mol. The molecular weight excluding hydrogens is 669 g/mol. The van der Waals surface area contributed by atoms with Crippen molar-refractivity contribution in [3.8, 4) is 5.69 Å². The molecule has 11 nitrogen and oxygen atoms in total. The predicted molar refractivity (Wildman–Crippen MR) is 184 cm³/mol. The van der Waals surface area contributed by atoms with Gasteiger partial charge in [-0.2, -0.15) is 15.1 Å². The third-order valence-corrected chi connectivity index (χ3v) is 12.3. The summed E-state index contributed by atoms with van der Waals surface area (Å²) in [7, 11) is 0. The highest BCUT2D eigenvalue weighted by Crippen LogP contribution is 2.40. The van der Waals surface area contributed by atoms with Gasteiger partial charge >= 0.3 is 0 Å². The van der Waals surface area contributed by atoms with Crippen molar-refractivity contribution in [3.05, 3.63) is 41.3 Å². The van der Waals surface area contributed by atoms with E-state index in [0.717, 1.165) is 64.3 Å². The summed E-state index contributed by atoms with van der Waals surface area (Å²) in [6, 6.07) is 4.30. The highest BCUT2D eigenvalue weighted by molar-refractivity contribution is 6.28. The Hall–Kier alpha value is -2.59. The molecule has 3 aromatic rings. The fraction of sp³-hybridized carbons (Fsp3) is 0.686. The van der Waals surface area contributed by atoms with Crippen molar-refractivity contribution in [3.63, 3.8) is 0 Å². The maximum Gasteiger partial charge on any atom is 0.226 e. The van der Waals surface area contributed by atoms with Gasteiger partial charge in [-0.05, 0) is 81.5 Å². The Morgan fingerprint density at radius 3 is 2.74 bits per heavy atom. The van der Waals surface area contributed by atoms with E-state index < -0.39 is 17.8 Å². The second-order valence-electron chi connectivity index (χ2n) is 15.3. The summed E-state index contributed by atoms with van der Waals surface area (Å²) in [4.78, 5) is 16.7. The first-order valence-electron chi connectivity index (χ1n) is 18.4. The van der Waals surface area contributed by atoms with Crippen LogP contribution in [0.3, 0.4) is 0 Å². The van der Waals surface area contributed by atoms with Gasteiger partial charge in [-0.1, -0.05) is 0 Å². The Morgan fingerprint density at radius 2 is 1.86 bits per heavy atom. The Balaban J connectivity index is 1.07. The van der Waals surface area contributed by atoms with Gasteiger partial charge in [-0.25, -0.2) is 17.9 Å². The van der Waals surface area contributed by atoms with E-state index in [2.05, 4.69) is 47.7 Å². The molecule has 8 unspecified atom stereocenters. The van der Waals surface area contributed by atoms with Gasteiger partial charge in [0.05, 0.1) is 30.0 Å². The lowest BCUT2D eigenvalue weighted by molar-refractivity contribution is -0.00972. The van der Waals surface area contributed by atoms with Crippen LogP contribution in [0.4, 0.5) is 19.0 Å². The normalized spacial score (nSPS) is 38.0. The van der Waals surface area contributed by atoms with Crippen molar-refractivity contribution in [1.29, 1.82) is 0 Å². The van der Waals surface area contributed by atoms with Gasteiger partial charge in [-0.3, -0.25) is 25.8 Å². The summed E-state index contributed by atoms with van der Waals surface area (Å²) in [5, 5.41) is 16.9. The van der Waals surface area contributed by atoms with Crippen LogP contribution in [0.5, 0.6) is 0 Å². The lowest BCUT2D eigenvalue weighted by Gasteiger charge is -2.47.